The molecule has 190 valence electrons. The average Bonchev–Trinajstić information content (AvgIpc) is 3.16. The van der Waals surface area contributed by atoms with E-state index in [2.05, 4.69) is 9.97 Å². The molecule has 35 heavy (non-hydrogen) atoms. The molecule has 1 amide bonds. The van der Waals surface area contributed by atoms with E-state index in [1.165, 1.54) is 29.8 Å². The van der Waals surface area contributed by atoms with Crippen LogP contribution in [0.3, 0.4) is 0 Å². The first-order valence-electron chi connectivity index (χ1n) is 11.3. The summed E-state index contributed by atoms with van der Waals surface area (Å²) in [6.07, 6.45) is 0.608. The Balaban J connectivity index is 2.30. The molecule has 11 nitrogen and oxygen atoms in total. The molecule has 3 heterocycles. The van der Waals surface area contributed by atoms with Crippen molar-refractivity contribution in [3.05, 3.63) is 59.2 Å². The highest BCUT2D eigenvalue weighted by molar-refractivity contribution is 7.19. The van der Waals surface area contributed by atoms with Gasteiger partial charge in [0.05, 0.1) is 22.7 Å². The molecule has 3 aromatic rings. The molecule has 0 fully saturated rings. The Bertz CT molecular complexity index is 1420. The number of rotatable bonds is 9. The Labute approximate surface area is 205 Å². The number of likely N-dealkylation sites (N-methyl/N-ethyl adjacent to an activating group) is 1. The van der Waals surface area contributed by atoms with Crippen molar-refractivity contribution in [1.29, 1.82) is 0 Å². The normalized spacial score (nSPS) is 12.5. The molecule has 0 radical (unpaired) electrons. The van der Waals surface area contributed by atoms with Gasteiger partial charge < -0.3 is 20.1 Å². The number of carbonyl (C=O) groups excluding carboxylic acids is 1. The van der Waals surface area contributed by atoms with Crippen molar-refractivity contribution >= 4 is 27.5 Å². The number of nitrogens with zero attached hydrogens (tertiary/aromatic N) is 4. The molecule has 0 bridgehead atoms. The van der Waals surface area contributed by atoms with Crippen LogP contribution in [0.5, 0.6) is 0 Å². The Morgan fingerprint density at radius 2 is 1.97 bits per heavy atom. The van der Waals surface area contributed by atoms with E-state index in [0.717, 1.165) is 15.9 Å². The second-order valence-corrected chi connectivity index (χ2v) is 10.2. The maximum absolute atomic E-state index is 13.6. The summed E-state index contributed by atoms with van der Waals surface area (Å²) >= 11 is 1.12. The molecule has 0 saturated heterocycles. The quantitative estimate of drug-likeness (QED) is 0.376. The highest BCUT2D eigenvalue weighted by Gasteiger charge is 2.29. The highest BCUT2D eigenvalue weighted by Crippen LogP contribution is 2.31. The van der Waals surface area contributed by atoms with Gasteiger partial charge in [-0.1, -0.05) is 13.8 Å². The van der Waals surface area contributed by atoms with Gasteiger partial charge in [0.15, 0.2) is 0 Å². The zero-order valence-corrected chi connectivity index (χ0v) is 21.3. The maximum Gasteiger partial charge on any atom is 0.331 e. The van der Waals surface area contributed by atoms with Gasteiger partial charge in [-0.2, -0.15) is 0 Å². The van der Waals surface area contributed by atoms with Gasteiger partial charge in [0.25, 0.3) is 17.0 Å². The van der Waals surface area contributed by atoms with Crippen LogP contribution in [-0.2, 0) is 20.0 Å². The zero-order valence-electron chi connectivity index (χ0n) is 20.5. The number of carbonyl (C=O) groups is 1. The van der Waals surface area contributed by atoms with Crippen molar-refractivity contribution in [2.45, 2.75) is 46.3 Å². The minimum atomic E-state index is -0.953. The molecule has 1 atom stereocenters. The summed E-state index contributed by atoms with van der Waals surface area (Å²) < 4.78 is 2.47. The first-order chi connectivity index (χ1) is 16.5. The van der Waals surface area contributed by atoms with Crippen LogP contribution >= 0.6 is 11.3 Å². The minimum Gasteiger partial charge on any atom is -0.396 e. The first kappa shape index (κ1) is 26.5. The van der Waals surface area contributed by atoms with E-state index in [1.807, 2.05) is 13.8 Å². The number of H-pyrrole nitrogens is 1. The lowest BCUT2D eigenvalue weighted by molar-refractivity contribution is 0.0631. The van der Waals surface area contributed by atoms with Gasteiger partial charge in [-0.25, -0.2) is 4.79 Å². The second kappa shape index (κ2) is 10.7. The van der Waals surface area contributed by atoms with Gasteiger partial charge in [-0.05, 0) is 19.3 Å². The van der Waals surface area contributed by atoms with Crippen molar-refractivity contribution in [3.63, 3.8) is 0 Å². The van der Waals surface area contributed by atoms with Crippen LogP contribution in [0.2, 0.25) is 0 Å². The van der Waals surface area contributed by atoms with E-state index in [4.69, 9.17) is 5.11 Å². The van der Waals surface area contributed by atoms with Crippen molar-refractivity contribution in [1.82, 2.24) is 24.0 Å². The molecule has 0 aliphatic heterocycles. The number of aromatic amines is 1. The molecule has 3 aromatic heterocycles. The van der Waals surface area contributed by atoms with Crippen molar-refractivity contribution in [2.24, 2.45) is 13.0 Å². The third-order valence-corrected chi connectivity index (χ3v) is 6.83. The Kier molecular flexibility index (Phi) is 8.08. The van der Waals surface area contributed by atoms with Gasteiger partial charge in [0, 0.05) is 51.3 Å². The number of fused-ring (bicyclic) bond motifs is 1. The molecular weight excluding hydrogens is 474 g/mol. The number of hydrogen-bond acceptors (Lipinski definition) is 8. The summed E-state index contributed by atoms with van der Waals surface area (Å²) in [5.74, 6) is -0.435. The number of thiophene rings is 1. The lowest BCUT2D eigenvalue weighted by atomic mass is 10.1. The Morgan fingerprint density at radius 1 is 1.29 bits per heavy atom. The molecule has 0 aliphatic rings. The van der Waals surface area contributed by atoms with Crippen molar-refractivity contribution < 1.29 is 15.0 Å². The van der Waals surface area contributed by atoms with E-state index in [0.29, 0.717) is 21.9 Å². The third kappa shape index (κ3) is 5.44. The number of aryl methyl sites for hydroxylation is 1. The molecule has 12 heteroatoms. The highest BCUT2D eigenvalue weighted by atomic mass is 32.1. The largest absolute Gasteiger partial charge is 0.396 e. The van der Waals surface area contributed by atoms with Crippen LogP contribution in [0.15, 0.2) is 20.6 Å². The van der Waals surface area contributed by atoms with Crippen LogP contribution in [-0.4, -0.2) is 66.4 Å². The predicted molar refractivity (Wildman–Crippen MR) is 133 cm³/mol. The van der Waals surface area contributed by atoms with Crippen LogP contribution in [0.1, 0.15) is 46.9 Å². The number of aliphatic hydroxyl groups is 2. The van der Waals surface area contributed by atoms with Crippen molar-refractivity contribution in [2.75, 3.05) is 20.2 Å². The van der Waals surface area contributed by atoms with Crippen LogP contribution < -0.4 is 16.8 Å². The third-order valence-electron chi connectivity index (χ3n) is 5.61. The molecule has 0 aromatic carbocycles. The molecule has 0 spiro atoms. The fourth-order valence-corrected chi connectivity index (χ4v) is 5.19. The summed E-state index contributed by atoms with van der Waals surface area (Å²) in [5.41, 5.74) is -0.642. The van der Waals surface area contributed by atoms with Crippen molar-refractivity contribution in [3.8, 4) is 0 Å². The number of nitrogens with one attached hydrogen (secondary N) is 1. The summed E-state index contributed by atoms with van der Waals surface area (Å²) in [4.78, 5) is 61.2. The van der Waals surface area contributed by atoms with E-state index in [-0.39, 0.29) is 48.6 Å². The monoisotopic (exact) mass is 505 g/mol. The first-order valence-corrected chi connectivity index (χ1v) is 12.1. The van der Waals surface area contributed by atoms with E-state index < -0.39 is 28.8 Å². The lowest BCUT2D eigenvalue weighted by Crippen LogP contribution is -2.40. The number of amides is 1. The number of aliphatic hydroxyl groups excluding tert-OH is 2. The summed E-state index contributed by atoms with van der Waals surface area (Å²) in [5, 5.41) is 19.3. The van der Waals surface area contributed by atoms with Gasteiger partial charge in [-0.3, -0.25) is 28.5 Å². The van der Waals surface area contributed by atoms with Gasteiger partial charge in [-0.15, -0.1) is 11.3 Å². The standard InChI is InChI=1S/C23H31N5O6S/c1-12(2)10-28-22-18(21(33)27(5)23(28)34)17(20(32)26(4)11-14(30)6-7-29)16(35-22)8-15-19(31)24-9-13(3)25-15/h9,12,14,29-30H,6-8,10-11H2,1-5H3,(H,24,31)/t14-/m1/s1. The molecule has 0 aliphatic carbocycles. The maximum atomic E-state index is 13.6. The minimum absolute atomic E-state index is 0.0104. The predicted octanol–water partition coefficient (Wildman–Crippen LogP) is 0.216. The number of aromatic nitrogens is 4. The summed E-state index contributed by atoms with van der Waals surface area (Å²) in [6, 6.07) is 0. The van der Waals surface area contributed by atoms with E-state index in [9.17, 15) is 24.3 Å². The second-order valence-electron chi connectivity index (χ2n) is 9.08. The van der Waals surface area contributed by atoms with Crippen LogP contribution in [0.25, 0.3) is 10.2 Å². The Morgan fingerprint density at radius 3 is 2.60 bits per heavy atom. The smallest absolute Gasteiger partial charge is 0.331 e. The number of hydrogen-bond donors (Lipinski definition) is 3. The zero-order chi connectivity index (χ0) is 26.0. The van der Waals surface area contributed by atoms with Gasteiger partial charge >= 0.3 is 5.69 Å². The Hall–Kier alpha value is -3.09. The average molecular weight is 506 g/mol. The fraction of sp³-hybridized carbons (Fsp3) is 0.522. The van der Waals surface area contributed by atoms with E-state index in [1.54, 1.807) is 6.92 Å². The summed E-state index contributed by atoms with van der Waals surface area (Å²) in [6.45, 7) is 5.65. The lowest BCUT2D eigenvalue weighted by Gasteiger charge is -2.21. The molecule has 3 rings (SSSR count). The molecular formula is C23H31N5O6S. The molecule has 0 unspecified atom stereocenters. The molecule has 3 N–H and O–H groups in total. The van der Waals surface area contributed by atoms with Gasteiger partial charge in [0.2, 0.25) is 0 Å². The van der Waals surface area contributed by atoms with Crippen LogP contribution in [0, 0.1) is 12.8 Å². The van der Waals surface area contributed by atoms with E-state index >= 15 is 0 Å². The fourth-order valence-electron chi connectivity index (χ4n) is 3.90. The topological polar surface area (TPSA) is 151 Å². The van der Waals surface area contributed by atoms with Crippen LogP contribution in [0.4, 0.5) is 0 Å². The molecule has 0 saturated carbocycles. The summed E-state index contributed by atoms with van der Waals surface area (Å²) in [7, 11) is 2.86. The SMILES string of the molecule is Cc1c[nH]c(=O)c(Cc2sc3c(c2C(=O)N(C)C[C@H](O)CCO)c(=O)n(C)c(=O)n3CC(C)C)n1. The van der Waals surface area contributed by atoms with Gasteiger partial charge in [0.1, 0.15) is 10.5 Å².